The maximum atomic E-state index is 12.2. The van der Waals surface area contributed by atoms with E-state index in [4.69, 9.17) is 0 Å². The number of fused-ring (bicyclic) bond motifs is 1. The maximum Gasteiger partial charge on any atom is 0.230 e. The van der Waals surface area contributed by atoms with Gasteiger partial charge >= 0.3 is 0 Å². The predicted octanol–water partition coefficient (Wildman–Crippen LogP) is 4.36. The zero-order valence-electron chi connectivity index (χ0n) is 16.5. The molecule has 2 heterocycles. The standard InChI is InChI=1S/C23H29N3OS/c27-23(17-28-21-10-9-19-6-5-7-20(19)14-21)25-16-18-8-11-22(24-15-18)26-12-3-1-2-4-13-26/h8-11,14-15H,1-7,12-13,16-17H2,(H,25,27). The number of rotatable bonds is 6. The Morgan fingerprint density at radius 1 is 1.00 bits per heavy atom. The Bertz CT molecular complexity index is 798. The molecule has 0 unspecified atom stereocenters. The molecule has 148 valence electrons. The molecule has 2 aliphatic rings. The summed E-state index contributed by atoms with van der Waals surface area (Å²) in [6.07, 6.45) is 10.7. The van der Waals surface area contributed by atoms with Gasteiger partial charge < -0.3 is 10.2 Å². The molecule has 1 aromatic heterocycles. The lowest BCUT2D eigenvalue weighted by atomic mass is 10.1. The van der Waals surface area contributed by atoms with E-state index in [0.717, 1.165) is 24.5 Å². The highest BCUT2D eigenvalue weighted by Gasteiger charge is 2.12. The van der Waals surface area contributed by atoms with Gasteiger partial charge in [0.2, 0.25) is 5.91 Å². The number of hydrogen-bond donors (Lipinski definition) is 1. The number of hydrogen-bond acceptors (Lipinski definition) is 4. The summed E-state index contributed by atoms with van der Waals surface area (Å²) in [6, 6.07) is 10.8. The summed E-state index contributed by atoms with van der Waals surface area (Å²) in [7, 11) is 0. The van der Waals surface area contributed by atoms with E-state index in [2.05, 4.69) is 45.5 Å². The van der Waals surface area contributed by atoms with Gasteiger partial charge in [0.1, 0.15) is 5.82 Å². The molecule has 0 atom stereocenters. The third-order valence-corrected chi connectivity index (χ3v) is 6.66. The van der Waals surface area contributed by atoms with E-state index < -0.39 is 0 Å². The summed E-state index contributed by atoms with van der Waals surface area (Å²) in [5.74, 6) is 1.59. The van der Waals surface area contributed by atoms with Gasteiger partial charge in [0.05, 0.1) is 5.75 Å². The lowest BCUT2D eigenvalue weighted by Gasteiger charge is -2.21. The van der Waals surface area contributed by atoms with Crippen molar-refractivity contribution in [3.63, 3.8) is 0 Å². The Labute approximate surface area is 172 Å². The minimum atomic E-state index is 0.0714. The Balaban J connectivity index is 1.23. The Morgan fingerprint density at radius 3 is 2.61 bits per heavy atom. The van der Waals surface area contributed by atoms with Crippen molar-refractivity contribution in [2.75, 3.05) is 23.7 Å². The van der Waals surface area contributed by atoms with Crippen molar-refractivity contribution in [2.24, 2.45) is 0 Å². The maximum absolute atomic E-state index is 12.2. The van der Waals surface area contributed by atoms with E-state index in [9.17, 15) is 4.79 Å². The van der Waals surface area contributed by atoms with Gasteiger partial charge in [-0.3, -0.25) is 4.79 Å². The summed E-state index contributed by atoms with van der Waals surface area (Å²) in [5.41, 5.74) is 3.99. The van der Waals surface area contributed by atoms with Crippen LogP contribution in [0.25, 0.3) is 0 Å². The van der Waals surface area contributed by atoms with Crippen molar-refractivity contribution >= 4 is 23.5 Å². The SMILES string of the molecule is O=C(CSc1ccc2c(c1)CCC2)NCc1ccc(N2CCCCCC2)nc1. The second kappa shape index (κ2) is 9.46. The first-order valence-corrected chi connectivity index (χ1v) is 11.5. The van der Waals surface area contributed by atoms with E-state index in [-0.39, 0.29) is 5.91 Å². The molecule has 0 spiro atoms. The molecule has 1 aliphatic heterocycles. The highest BCUT2D eigenvalue weighted by Crippen LogP contribution is 2.27. The van der Waals surface area contributed by atoms with Crippen molar-refractivity contribution in [1.29, 1.82) is 0 Å². The van der Waals surface area contributed by atoms with Crippen LogP contribution in [0.15, 0.2) is 41.4 Å². The first-order chi connectivity index (χ1) is 13.8. The van der Waals surface area contributed by atoms with Crippen molar-refractivity contribution in [3.8, 4) is 0 Å². The van der Waals surface area contributed by atoms with Crippen molar-refractivity contribution < 1.29 is 4.79 Å². The van der Waals surface area contributed by atoms with Crippen LogP contribution in [0.5, 0.6) is 0 Å². The van der Waals surface area contributed by atoms with Crippen LogP contribution in [0.1, 0.15) is 48.8 Å². The molecule has 2 aromatic rings. The number of nitrogens with one attached hydrogen (secondary N) is 1. The molecule has 1 aromatic carbocycles. The molecule has 5 heteroatoms. The molecule has 1 fully saturated rings. The number of carbonyl (C=O) groups is 1. The third-order valence-electron chi connectivity index (χ3n) is 5.67. The Hall–Kier alpha value is -2.01. The second-order valence-electron chi connectivity index (χ2n) is 7.78. The van der Waals surface area contributed by atoms with Crippen molar-refractivity contribution in [3.05, 3.63) is 53.2 Å². The van der Waals surface area contributed by atoms with Gasteiger partial charge in [0.15, 0.2) is 0 Å². The lowest BCUT2D eigenvalue weighted by molar-refractivity contribution is -0.118. The molecular weight excluding hydrogens is 366 g/mol. The van der Waals surface area contributed by atoms with Crippen LogP contribution >= 0.6 is 11.8 Å². The second-order valence-corrected chi connectivity index (χ2v) is 8.82. The molecule has 1 amide bonds. The van der Waals surface area contributed by atoms with E-state index in [1.54, 1.807) is 11.8 Å². The van der Waals surface area contributed by atoms with E-state index in [0.29, 0.717) is 12.3 Å². The van der Waals surface area contributed by atoms with Crippen LogP contribution in [0.3, 0.4) is 0 Å². The summed E-state index contributed by atoms with van der Waals surface area (Å²) in [6.45, 7) is 2.74. The number of carbonyl (C=O) groups excluding carboxylic acids is 1. The van der Waals surface area contributed by atoms with Crippen LogP contribution in [-0.4, -0.2) is 29.7 Å². The fourth-order valence-corrected chi connectivity index (χ4v) is 4.84. The van der Waals surface area contributed by atoms with E-state index in [1.165, 1.54) is 61.0 Å². The van der Waals surface area contributed by atoms with Crippen LogP contribution in [0.2, 0.25) is 0 Å². The molecule has 4 rings (SSSR count). The summed E-state index contributed by atoms with van der Waals surface area (Å²) in [5, 5.41) is 3.02. The Morgan fingerprint density at radius 2 is 1.82 bits per heavy atom. The van der Waals surface area contributed by atoms with Crippen molar-refractivity contribution in [2.45, 2.75) is 56.4 Å². The molecule has 0 saturated carbocycles. The van der Waals surface area contributed by atoms with Gasteiger partial charge in [-0.05, 0) is 67.0 Å². The zero-order chi connectivity index (χ0) is 19.2. The molecule has 28 heavy (non-hydrogen) atoms. The van der Waals surface area contributed by atoms with Gasteiger partial charge in [0.25, 0.3) is 0 Å². The molecule has 4 nitrogen and oxygen atoms in total. The summed E-state index contributed by atoms with van der Waals surface area (Å²) in [4.78, 5) is 20.4. The number of amides is 1. The van der Waals surface area contributed by atoms with Crippen LogP contribution in [0.4, 0.5) is 5.82 Å². The largest absolute Gasteiger partial charge is 0.357 e. The topological polar surface area (TPSA) is 45.2 Å². The number of pyridine rings is 1. The third kappa shape index (κ3) is 5.07. The van der Waals surface area contributed by atoms with E-state index in [1.807, 2.05) is 6.20 Å². The number of benzene rings is 1. The quantitative estimate of drug-likeness (QED) is 0.738. The number of aromatic nitrogens is 1. The summed E-state index contributed by atoms with van der Waals surface area (Å²) < 4.78 is 0. The van der Waals surface area contributed by atoms with Gasteiger partial charge in [-0.25, -0.2) is 4.98 Å². The zero-order valence-corrected chi connectivity index (χ0v) is 17.3. The number of anilines is 1. The predicted molar refractivity (Wildman–Crippen MR) is 116 cm³/mol. The molecule has 1 aliphatic carbocycles. The highest BCUT2D eigenvalue weighted by molar-refractivity contribution is 8.00. The molecule has 0 radical (unpaired) electrons. The molecule has 1 N–H and O–H groups in total. The highest BCUT2D eigenvalue weighted by atomic mass is 32.2. The lowest BCUT2D eigenvalue weighted by Crippen LogP contribution is -2.26. The number of nitrogens with zero attached hydrogens (tertiary/aromatic N) is 2. The van der Waals surface area contributed by atoms with E-state index >= 15 is 0 Å². The van der Waals surface area contributed by atoms with Crippen LogP contribution < -0.4 is 10.2 Å². The monoisotopic (exact) mass is 395 g/mol. The van der Waals surface area contributed by atoms with Gasteiger partial charge in [0, 0.05) is 30.7 Å². The molecule has 1 saturated heterocycles. The minimum absolute atomic E-state index is 0.0714. The molecule has 0 bridgehead atoms. The minimum Gasteiger partial charge on any atom is -0.357 e. The number of aryl methyl sites for hydroxylation is 2. The average molecular weight is 396 g/mol. The van der Waals surface area contributed by atoms with Crippen LogP contribution in [0, 0.1) is 0 Å². The van der Waals surface area contributed by atoms with Gasteiger partial charge in [-0.15, -0.1) is 11.8 Å². The van der Waals surface area contributed by atoms with Crippen molar-refractivity contribution in [1.82, 2.24) is 10.3 Å². The first kappa shape index (κ1) is 19.3. The molecular formula is C23H29N3OS. The Kier molecular flexibility index (Phi) is 6.53. The van der Waals surface area contributed by atoms with Crippen LogP contribution in [-0.2, 0) is 24.2 Å². The average Bonchev–Trinajstić information content (AvgIpc) is 3.03. The number of thioether (sulfide) groups is 1. The normalized spacial score (nSPS) is 16.5. The van der Waals surface area contributed by atoms with Gasteiger partial charge in [-0.1, -0.05) is 25.0 Å². The fourth-order valence-electron chi connectivity index (χ4n) is 4.05. The smallest absolute Gasteiger partial charge is 0.230 e. The van der Waals surface area contributed by atoms with Gasteiger partial charge in [-0.2, -0.15) is 0 Å². The summed E-state index contributed by atoms with van der Waals surface area (Å²) >= 11 is 1.62. The fraction of sp³-hybridized carbons (Fsp3) is 0.478. The first-order valence-electron chi connectivity index (χ1n) is 10.5.